The molecule has 9 heterocycles. The number of unbranched alkanes of at least 4 members (excludes halogenated alkanes) is 6. The number of aryl methyl sites for hydroxylation is 5. The van der Waals surface area contributed by atoms with Gasteiger partial charge in [-0.25, -0.2) is 4.99 Å². The minimum atomic E-state index is 0.858. The molecule has 18 heteroatoms. The van der Waals surface area contributed by atoms with Gasteiger partial charge in [0.25, 0.3) is 0 Å². The Labute approximate surface area is 786 Å². The quantitative estimate of drug-likeness (QED) is 0.0288. The molecule has 14 rings (SSSR count). The Morgan fingerprint density at radius 1 is 0.242 bits per heavy atom. The van der Waals surface area contributed by atoms with Gasteiger partial charge in [-0.3, -0.25) is 84.8 Å². The fraction of sp³-hybridized carbons (Fsp3) is 0.263. The van der Waals surface area contributed by atoms with Gasteiger partial charge in [-0.05, 0) is 224 Å². The molecule has 14 aromatic rings. The van der Waals surface area contributed by atoms with Crippen molar-refractivity contribution in [2.24, 2.45) is 44.9 Å². The van der Waals surface area contributed by atoms with E-state index in [-0.39, 0.29) is 0 Å². The lowest BCUT2D eigenvalue weighted by Gasteiger charge is -2.08. The van der Waals surface area contributed by atoms with Crippen LogP contribution in [0.2, 0.25) is 0 Å². The summed E-state index contributed by atoms with van der Waals surface area (Å²) in [5.74, 6) is 0. The van der Waals surface area contributed by atoms with E-state index in [1.807, 2.05) is 326 Å². The molecule has 0 amide bonds. The summed E-state index contributed by atoms with van der Waals surface area (Å²) in [5.41, 5.74) is 21.9. The zero-order chi connectivity index (χ0) is 94.0. The van der Waals surface area contributed by atoms with Crippen LogP contribution in [-0.2, 0) is 0 Å². The van der Waals surface area contributed by atoms with Crippen LogP contribution in [-0.4, -0.2) is 139 Å². The number of para-hydroxylation sites is 3. The van der Waals surface area contributed by atoms with Crippen LogP contribution in [0.15, 0.2) is 386 Å². The Kier molecular flexibility index (Phi) is 56.0. The molecule has 0 unspecified atom stereocenters. The molecule has 0 radical (unpaired) electrons. The Hall–Kier alpha value is -14.5. The van der Waals surface area contributed by atoms with Crippen molar-refractivity contribution in [2.45, 2.75) is 160 Å². The zero-order valence-corrected chi connectivity index (χ0v) is 79.6. The van der Waals surface area contributed by atoms with Gasteiger partial charge in [-0.1, -0.05) is 250 Å². The van der Waals surface area contributed by atoms with Crippen molar-refractivity contribution < 1.29 is 0 Å². The third-order valence-electron chi connectivity index (χ3n) is 18.8. The highest BCUT2D eigenvalue weighted by molar-refractivity contribution is 6.13. The van der Waals surface area contributed by atoms with Gasteiger partial charge >= 0.3 is 0 Å². The van der Waals surface area contributed by atoms with Crippen LogP contribution in [0, 0.1) is 34.6 Å². The van der Waals surface area contributed by atoms with Crippen LogP contribution in [0.25, 0.3) is 0 Å². The predicted octanol–water partition coefficient (Wildman–Crippen LogP) is 27.1. The third kappa shape index (κ3) is 47.5. The van der Waals surface area contributed by atoms with Crippen LogP contribution in [0.4, 0.5) is 17.1 Å². The summed E-state index contributed by atoms with van der Waals surface area (Å²) < 4.78 is 0. The molecule has 132 heavy (non-hydrogen) atoms. The van der Waals surface area contributed by atoms with E-state index in [4.69, 9.17) is 9.98 Å². The topological polar surface area (TPSA) is 227 Å². The molecule has 0 spiro atoms. The minimum Gasteiger partial charge on any atom is -0.291 e. The van der Waals surface area contributed by atoms with Crippen LogP contribution in [0.3, 0.4) is 0 Å². The number of benzene rings is 5. The van der Waals surface area contributed by atoms with Crippen LogP contribution >= 0.6 is 0 Å². The van der Waals surface area contributed by atoms with E-state index in [0.717, 1.165) is 198 Å². The highest BCUT2D eigenvalue weighted by Gasteiger charge is 2.11. The molecule has 680 valence electrons. The van der Waals surface area contributed by atoms with E-state index in [1.165, 1.54) is 43.2 Å². The number of hydrogen-bond acceptors (Lipinski definition) is 18. The molecule has 0 bridgehead atoms. The zero-order valence-electron chi connectivity index (χ0n) is 79.6. The maximum Gasteiger partial charge on any atom is 0.0965 e. The van der Waals surface area contributed by atoms with E-state index in [1.54, 1.807) is 43.4 Å². The molecule has 5 aromatic carbocycles. The third-order valence-corrected chi connectivity index (χ3v) is 18.8. The van der Waals surface area contributed by atoms with E-state index in [9.17, 15) is 0 Å². The standard InChI is InChI=1S/C19H16N2.C16H18N2.C14H14N2.C13H12N2.2C11H16N2.3C10H14N2/c1-15-9-5-6-12-17(15)21-19(16-10-3-2-4-11-16)18-13-7-8-14-20-18;1-2-3-12-18-16(14-9-5-4-6-10-14)15-11-7-8-13-17-15;1-11-7-3-4-8-13(11)16-12(2)14-9-5-6-10-15-14;1-11-6-2-3-8-13(11)15-10-12-7-4-5-9-14-12;2*1-3-4-8-12-9-11-7-5-6-10(2)13-11;3*1-2-3-7-11-9-10-6-4-5-8-12-10/h2-14H,1H3;4-11,13H,2-3,12H2,1H3;3-10H,1-2H3;2-10H,1H3;2*5-7,9H,3-4,8H2,1-2H3;3*4-6,8-9H,2-3,7H2,1H3. The van der Waals surface area contributed by atoms with Crippen molar-refractivity contribution in [1.29, 1.82) is 0 Å². The lowest BCUT2D eigenvalue weighted by Crippen LogP contribution is -2.06. The second kappa shape index (κ2) is 69.5. The number of nitrogens with zero attached hydrogens (tertiary/aromatic N) is 18. The number of rotatable bonds is 32. The predicted molar refractivity (Wildman–Crippen MR) is 561 cm³/mol. The molecule has 0 aliphatic heterocycles. The first-order valence-corrected chi connectivity index (χ1v) is 46.1. The Balaban J connectivity index is 0.000000230. The monoisotopic (exact) mass is 1760 g/mol. The smallest absolute Gasteiger partial charge is 0.0965 e. The molecule has 0 saturated carbocycles. The summed E-state index contributed by atoms with van der Waals surface area (Å²) in [7, 11) is 0. The second-order valence-corrected chi connectivity index (χ2v) is 30.1. The summed E-state index contributed by atoms with van der Waals surface area (Å²) in [6, 6.07) is 97.6. The number of aliphatic imine (C=N–C) groups is 9. The lowest BCUT2D eigenvalue weighted by molar-refractivity contribution is 0.808. The molecular weight excluding hydrogens is 1620 g/mol. The molecule has 0 aliphatic rings. The first-order valence-electron chi connectivity index (χ1n) is 46.1. The lowest BCUT2D eigenvalue weighted by atomic mass is 10.1. The highest BCUT2D eigenvalue weighted by atomic mass is 14.8. The molecule has 0 aliphatic carbocycles. The van der Waals surface area contributed by atoms with Crippen molar-refractivity contribution in [2.75, 3.05) is 39.3 Å². The first-order chi connectivity index (χ1) is 64.8. The molecule has 18 nitrogen and oxygen atoms in total. The van der Waals surface area contributed by atoms with Gasteiger partial charge in [0.15, 0.2) is 0 Å². The Bertz CT molecular complexity index is 5330. The van der Waals surface area contributed by atoms with Gasteiger partial charge in [0, 0.05) is 136 Å². The van der Waals surface area contributed by atoms with Crippen molar-refractivity contribution in [1.82, 2.24) is 44.9 Å². The molecule has 0 N–H and O–H groups in total. The molecule has 9 aromatic heterocycles. The van der Waals surface area contributed by atoms with Gasteiger partial charge in [-0.2, -0.15) is 0 Å². The van der Waals surface area contributed by atoms with Crippen molar-refractivity contribution in [3.8, 4) is 0 Å². The van der Waals surface area contributed by atoms with E-state index < -0.39 is 0 Å². The number of aromatic nitrogens is 9. The summed E-state index contributed by atoms with van der Waals surface area (Å²) in [6.45, 7) is 30.5. The average molecular weight is 1760 g/mol. The van der Waals surface area contributed by atoms with E-state index in [2.05, 4.69) is 172 Å². The summed E-state index contributed by atoms with van der Waals surface area (Å²) in [5, 5.41) is 0. The van der Waals surface area contributed by atoms with Gasteiger partial charge in [-0.15, -0.1) is 0 Å². The summed E-state index contributed by atoms with van der Waals surface area (Å²) in [4.78, 5) is 78.2. The van der Waals surface area contributed by atoms with Gasteiger partial charge in [0.2, 0.25) is 0 Å². The highest BCUT2D eigenvalue weighted by Crippen LogP contribution is 2.23. The Morgan fingerprint density at radius 3 is 0.856 bits per heavy atom. The maximum atomic E-state index is 4.85. The van der Waals surface area contributed by atoms with Crippen LogP contribution in [0.1, 0.15) is 216 Å². The van der Waals surface area contributed by atoms with Crippen LogP contribution in [0.5, 0.6) is 0 Å². The van der Waals surface area contributed by atoms with E-state index >= 15 is 0 Å². The molecule has 0 atom stereocenters. The van der Waals surface area contributed by atoms with Gasteiger partial charge < -0.3 is 0 Å². The maximum absolute atomic E-state index is 4.85. The van der Waals surface area contributed by atoms with Crippen molar-refractivity contribution in [3.05, 3.63) is 431 Å². The Morgan fingerprint density at radius 2 is 0.523 bits per heavy atom. The number of hydrogen-bond donors (Lipinski definition) is 0. The average Bonchev–Trinajstić information content (AvgIpc) is 0.818. The molecule has 0 saturated heterocycles. The van der Waals surface area contributed by atoms with Crippen molar-refractivity contribution >= 4 is 71.5 Å². The SMILES string of the molecule is CC(=Nc1ccccc1C)c1ccccn1.CCCCN=C(c1ccccc1)c1ccccn1.CCCCN=Cc1cccc(C)n1.CCCCN=Cc1cccc(C)n1.CCCCN=Cc1ccccn1.CCCCN=Cc1ccccn1.CCCCN=Cc1ccccn1.Cc1ccccc1N=C(c1ccccc1)c1ccccn1.Cc1ccccc1N=Cc1ccccn1. The first kappa shape index (κ1) is 106. The molecule has 0 fully saturated rings. The summed E-state index contributed by atoms with van der Waals surface area (Å²) in [6.07, 6.45) is 37.5. The number of pyridine rings is 9. The fourth-order valence-corrected chi connectivity index (χ4v) is 11.4. The fourth-order valence-electron chi connectivity index (χ4n) is 11.4. The van der Waals surface area contributed by atoms with Crippen LogP contribution < -0.4 is 0 Å². The second-order valence-electron chi connectivity index (χ2n) is 30.1. The van der Waals surface area contributed by atoms with Gasteiger partial charge in [0.05, 0.1) is 91.7 Å². The minimum absolute atomic E-state index is 0.858. The van der Waals surface area contributed by atoms with E-state index in [0.29, 0.717) is 0 Å². The largest absolute Gasteiger partial charge is 0.291 e. The van der Waals surface area contributed by atoms with Gasteiger partial charge in [0.1, 0.15) is 0 Å². The normalized spacial score (nSPS) is 11.1. The van der Waals surface area contributed by atoms with Crippen molar-refractivity contribution in [3.63, 3.8) is 0 Å². The molecular formula is C114H134N18. The summed E-state index contributed by atoms with van der Waals surface area (Å²) >= 11 is 0.